The number of nitrogens with one attached hydrogen (secondary N) is 2. The van der Waals surface area contributed by atoms with Crippen LogP contribution in [0.25, 0.3) is 0 Å². The first kappa shape index (κ1) is 22.9. The van der Waals surface area contributed by atoms with Gasteiger partial charge < -0.3 is 10.6 Å². The maximum Gasteiger partial charge on any atom is 0.259 e. The van der Waals surface area contributed by atoms with Gasteiger partial charge in [-0.25, -0.2) is 0 Å². The first-order valence-corrected chi connectivity index (χ1v) is 14.6. The SMILES string of the molecule is CCCCNC(=O)C1=C(C(=O)NCCCC)SC(=C2SC3=C(SCCS3)S2)S1. The van der Waals surface area contributed by atoms with E-state index in [0.717, 1.165) is 41.4 Å². The lowest BCUT2D eigenvalue weighted by Gasteiger charge is -2.08. The number of carbonyl (C=O) groups is 2. The number of rotatable bonds is 8. The van der Waals surface area contributed by atoms with Crippen LogP contribution in [0, 0.1) is 0 Å². The number of amides is 2. The third-order valence-corrected chi connectivity index (χ3v) is 12.8. The van der Waals surface area contributed by atoms with Gasteiger partial charge in [-0.05, 0) is 12.8 Å². The fourth-order valence-electron chi connectivity index (χ4n) is 2.40. The van der Waals surface area contributed by atoms with Gasteiger partial charge in [0, 0.05) is 24.6 Å². The van der Waals surface area contributed by atoms with Crippen LogP contribution in [-0.2, 0) is 9.59 Å². The summed E-state index contributed by atoms with van der Waals surface area (Å²) >= 11 is 10.3. The van der Waals surface area contributed by atoms with E-state index in [9.17, 15) is 9.59 Å². The van der Waals surface area contributed by atoms with E-state index in [1.54, 1.807) is 23.5 Å². The van der Waals surface area contributed by atoms with E-state index >= 15 is 0 Å². The number of hydrogen-bond donors (Lipinski definition) is 2. The zero-order chi connectivity index (χ0) is 19.9. The van der Waals surface area contributed by atoms with Gasteiger partial charge in [0.05, 0.1) is 26.8 Å². The first-order valence-electron chi connectivity index (χ1n) is 9.40. The summed E-state index contributed by atoms with van der Waals surface area (Å²) in [5.41, 5.74) is 0. The highest BCUT2D eigenvalue weighted by molar-refractivity contribution is 8.43. The van der Waals surface area contributed by atoms with Crippen molar-refractivity contribution in [3.63, 3.8) is 0 Å². The van der Waals surface area contributed by atoms with E-state index in [2.05, 4.69) is 24.5 Å². The van der Waals surface area contributed by atoms with E-state index < -0.39 is 0 Å². The van der Waals surface area contributed by atoms with E-state index in [0.29, 0.717) is 22.9 Å². The maximum absolute atomic E-state index is 12.7. The molecule has 3 heterocycles. The molecule has 10 heteroatoms. The van der Waals surface area contributed by atoms with E-state index in [4.69, 9.17) is 0 Å². The summed E-state index contributed by atoms with van der Waals surface area (Å²) in [7, 11) is 0. The summed E-state index contributed by atoms with van der Waals surface area (Å²) < 4.78 is 5.02. The van der Waals surface area contributed by atoms with Crippen LogP contribution in [0.5, 0.6) is 0 Å². The van der Waals surface area contributed by atoms with Gasteiger partial charge >= 0.3 is 0 Å². The van der Waals surface area contributed by atoms with Crippen molar-refractivity contribution in [1.29, 1.82) is 0 Å². The predicted octanol–water partition coefficient (Wildman–Crippen LogP) is 5.72. The summed E-state index contributed by atoms with van der Waals surface area (Å²) in [5, 5.41) is 5.95. The molecule has 0 bridgehead atoms. The molecule has 2 N–H and O–H groups in total. The lowest BCUT2D eigenvalue weighted by Crippen LogP contribution is -2.29. The quantitative estimate of drug-likeness (QED) is 0.417. The van der Waals surface area contributed by atoms with Crippen LogP contribution in [0.4, 0.5) is 0 Å². The van der Waals surface area contributed by atoms with Crippen LogP contribution in [0.15, 0.2) is 26.8 Å². The summed E-state index contributed by atoms with van der Waals surface area (Å²) in [6.07, 6.45) is 3.95. The van der Waals surface area contributed by atoms with Gasteiger partial charge in [-0.1, -0.05) is 73.7 Å². The second kappa shape index (κ2) is 11.6. The molecule has 0 fully saturated rings. The normalized spacial score (nSPS) is 19.4. The van der Waals surface area contributed by atoms with Crippen molar-refractivity contribution >= 4 is 82.4 Å². The highest BCUT2D eigenvalue weighted by Gasteiger charge is 2.35. The van der Waals surface area contributed by atoms with Gasteiger partial charge in [-0.15, -0.1) is 23.5 Å². The maximum atomic E-state index is 12.7. The summed E-state index contributed by atoms with van der Waals surface area (Å²) in [4.78, 5) is 26.6. The van der Waals surface area contributed by atoms with Crippen molar-refractivity contribution in [1.82, 2.24) is 10.6 Å². The molecule has 0 unspecified atom stereocenters. The average Bonchev–Trinajstić information content (AvgIpc) is 3.32. The lowest BCUT2D eigenvalue weighted by atomic mass is 10.3. The molecule has 0 aromatic rings. The summed E-state index contributed by atoms with van der Waals surface area (Å²) in [6, 6.07) is 0. The van der Waals surface area contributed by atoms with Crippen molar-refractivity contribution in [3.05, 3.63) is 26.8 Å². The molecule has 3 aliphatic rings. The second-order valence-electron chi connectivity index (χ2n) is 6.13. The Kier molecular flexibility index (Phi) is 9.50. The first-order chi connectivity index (χ1) is 13.6. The highest BCUT2D eigenvalue weighted by Crippen LogP contribution is 2.64. The molecule has 154 valence electrons. The summed E-state index contributed by atoms with van der Waals surface area (Å²) in [6.45, 7) is 5.49. The molecular weight excluding hydrogens is 469 g/mol. The Bertz CT molecular complexity index is 676. The standard InChI is InChI=1S/C18H24N2O2S6/c1-3-5-7-19-13(21)11-12(14(22)20-8-6-4-2)26-17(25-11)18-27-15-16(28-18)24-10-9-23-15/h3-10H2,1-2H3,(H,19,21)(H,20,22). The Morgan fingerprint density at radius 2 is 1.14 bits per heavy atom. The van der Waals surface area contributed by atoms with Crippen molar-refractivity contribution in [2.45, 2.75) is 39.5 Å². The molecule has 3 rings (SSSR count). The van der Waals surface area contributed by atoms with Crippen LogP contribution < -0.4 is 10.6 Å². The van der Waals surface area contributed by atoms with Crippen LogP contribution >= 0.6 is 70.6 Å². The number of carbonyl (C=O) groups excluding carboxylic acids is 2. The molecule has 28 heavy (non-hydrogen) atoms. The van der Waals surface area contributed by atoms with Gasteiger partial charge in [0.15, 0.2) is 0 Å². The largest absolute Gasteiger partial charge is 0.352 e. The minimum atomic E-state index is -0.128. The molecule has 0 spiro atoms. The van der Waals surface area contributed by atoms with Gasteiger partial charge in [-0.3, -0.25) is 9.59 Å². The van der Waals surface area contributed by atoms with Gasteiger partial charge in [0.2, 0.25) is 0 Å². The third-order valence-electron chi connectivity index (χ3n) is 3.89. The number of unbranched alkanes of at least 4 members (excludes halogenated alkanes) is 2. The molecule has 0 aromatic carbocycles. The molecule has 0 saturated carbocycles. The lowest BCUT2D eigenvalue weighted by molar-refractivity contribution is -0.119. The van der Waals surface area contributed by atoms with Crippen molar-refractivity contribution in [2.75, 3.05) is 24.6 Å². The van der Waals surface area contributed by atoms with E-state index in [-0.39, 0.29) is 11.8 Å². The van der Waals surface area contributed by atoms with Gasteiger partial charge in [-0.2, -0.15) is 0 Å². The topological polar surface area (TPSA) is 58.2 Å². The zero-order valence-corrected chi connectivity index (χ0v) is 20.8. The fourth-order valence-corrected chi connectivity index (χ4v) is 11.2. The monoisotopic (exact) mass is 492 g/mol. The fraction of sp³-hybridized carbons (Fsp3) is 0.556. The van der Waals surface area contributed by atoms with Gasteiger partial charge in [0.25, 0.3) is 11.8 Å². The number of thioether (sulfide) groups is 6. The predicted molar refractivity (Wildman–Crippen MR) is 132 cm³/mol. The Labute approximate surface area is 192 Å². The van der Waals surface area contributed by atoms with Crippen molar-refractivity contribution in [2.24, 2.45) is 0 Å². The van der Waals surface area contributed by atoms with Crippen LogP contribution in [-0.4, -0.2) is 36.4 Å². The second-order valence-corrected chi connectivity index (χ2v) is 13.5. The number of hydrogen-bond acceptors (Lipinski definition) is 8. The molecule has 3 aliphatic heterocycles. The molecule has 0 aromatic heterocycles. The van der Waals surface area contributed by atoms with E-state index in [1.165, 1.54) is 36.2 Å². The van der Waals surface area contributed by atoms with Crippen LogP contribution in [0.3, 0.4) is 0 Å². The molecular formula is C18H24N2O2S6. The van der Waals surface area contributed by atoms with Crippen LogP contribution in [0.1, 0.15) is 39.5 Å². The Hall–Kier alpha value is 0.260. The molecule has 4 nitrogen and oxygen atoms in total. The van der Waals surface area contributed by atoms with E-state index in [1.807, 2.05) is 23.5 Å². The molecule has 0 aliphatic carbocycles. The smallest absolute Gasteiger partial charge is 0.259 e. The average molecular weight is 493 g/mol. The molecule has 2 amide bonds. The third kappa shape index (κ3) is 5.91. The Morgan fingerprint density at radius 3 is 1.57 bits per heavy atom. The Morgan fingerprint density at radius 1 is 0.714 bits per heavy atom. The molecule has 0 saturated heterocycles. The Balaban J connectivity index is 1.73. The minimum Gasteiger partial charge on any atom is -0.352 e. The van der Waals surface area contributed by atoms with Crippen LogP contribution in [0.2, 0.25) is 0 Å². The zero-order valence-electron chi connectivity index (χ0n) is 15.9. The van der Waals surface area contributed by atoms with Crippen molar-refractivity contribution < 1.29 is 9.59 Å². The van der Waals surface area contributed by atoms with Crippen molar-refractivity contribution in [3.8, 4) is 0 Å². The summed E-state index contributed by atoms with van der Waals surface area (Å²) in [5.74, 6) is 2.04. The molecule has 0 atom stereocenters. The minimum absolute atomic E-state index is 0.128. The highest BCUT2D eigenvalue weighted by atomic mass is 32.3. The molecule has 0 radical (unpaired) electrons. The van der Waals surface area contributed by atoms with Gasteiger partial charge in [0.1, 0.15) is 0 Å².